The monoisotopic (exact) mass is 236 g/mol. The predicted molar refractivity (Wildman–Crippen MR) is 71.5 cm³/mol. The maximum atomic E-state index is 9.56. The van der Waals surface area contributed by atoms with Crippen LogP contribution in [0.4, 0.5) is 0 Å². The first-order valence-corrected chi connectivity index (χ1v) is 6.24. The van der Waals surface area contributed by atoms with E-state index in [0.29, 0.717) is 6.42 Å². The van der Waals surface area contributed by atoms with Crippen molar-refractivity contribution < 1.29 is 10.2 Å². The summed E-state index contributed by atoms with van der Waals surface area (Å²) in [5.41, 5.74) is 6.55. The van der Waals surface area contributed by atoms with E-state index in [-0.39, 0.29) is 12.5 Å². The molecule has 0 radical (unpaired) electrons. The third-order valence-corrected chi connectivity index (χ3v) is 3.75. The highest BCUT2D eigenvalue weighted by atomic mass is 16.3. The number of aryl methyl sites for hydroxylation is 2. The van der Waals surface area contributed by atoms with Gasteiger partial charge in [0.1, 0.15) is 0 Å². The fraction of sp³-hybridized carbons (Fsp3) is 0.600. The fourth-order valence-corrected chi connectivity index (χ4v) is 2.59. The third-order valence-electron chi connectivity index (χ3n) is 3.75. The van der Waals surface area contributed by atoms with Crippen LogP contribution < -0.4 is 0 Å². The second kappa shape index (κ2) is 5.65. The molecule has 0 fully saturated rings. The summed E-state index contributed by atoms with van der Waals surface area (Å²) in [6, 6.07) is 2.21. The fourth-order valence-electron chi connectivity index (χ4n) is 2.59. The van der Waals surface area contributed by atoms with Crippen LogP contribution in [-0.2, 0) is 0 Å². The van der Waals surface area contributed by atoms with E-state index in [1.54, 1.807) is 0 Å². The van der Waals surface area contributed by atoms with Crippen molar-refractivity contribution in [2.45, 2.75) is 53.1 Å². The molecule has 17 heavy (non-hydrogen) atoms. The van der Waals surface area contributed by atoms with Gasteiger partial charge in [-0.2, -0.15) is 0 Å². The Balaban J connectivity index is 3.12. The van der Waals surface area contributed by atoms with Gasteiger partial charge in [-0.1, -0.05) is 13.0 Å². The molecule has 2 nitrogen and oxygen atoms in total. The Morgan fingerprint density at radius 2 is 1.53 bits per heavy atom. The molecule has 1 aromatic carbocycles. The lowest BCUT2D eigenvalue weighted by molar-refractivity contribution is 0.0834. The van der Waals surface area contributed by atoms with Gasteiger partial charge in [0.2, 0.25) is 0 Å². The Bertz CT molecular complexity index is 370. The van der Waals surface area contributed by atoms with Crippen LogP contribution >= 0.6 is 0 Å². The first kappa shape index (κ1) is 14.2. The second-order valence-corrected chi connectivity index (χ2v) is 5.15. The van der Waals surface area contributed by atoms with Gasteiger partial charge in [0, 0.05) is 0 Å². The molecule has 1 aromatic rings. The standard InChI is InChI=1S/C15H24O2/c1-9-6-10(2)13(5)15(12(9)4)11(3)7-14(17)8-16/h6,11,14,16-17H,7-8H2,1-5H3. The Hall–Kier alpha value is -0.860. The van der Waals surface area contributed by atoms with Gasteiger partial charge in [-0.3, -0.25) is 0 Å². The molecule has 0 amide bonds. The van der Waals surface area contributed by atoms with Gasteiger partial charge in [-0.25, -0.2) is 0 Å². The topological polar surface area (TPSA) is 40.5 Å². The summed E-state index contributed by atoms with van der Waals surface area (Å²) in [5, 5.41) is 18.5. The van der Waals surface area contributed by atoms with E-state index in [2.05, 4.69) is 40.7 Å². The quantitative estimate of drug-likeness (QED) is 0.844. The van der Waals surface area contributed by atoms with E-state index in [1.807, 2.05) is 0 Å². The highest BCUT2D eigenvalue weighted by Gasteiger charge is 2.17. The third kappa shape index (κ3) is 3.08. The summed E-state index contributed by atoms with van der Waals surface area (Å²) in [6.45, 7) is 10.5. The molecular formula is C15H24O2. The molecule has 0 spiro atoms. The van der Waals surface area contributed by atoms with Crippen molar-refractivity contribution in [1.82, 2.24) is 0 Å². The molecule has 0 aliphatic heterocycles. The molecule has 1 rings (SSSR count). The first-order chi connectivity index (χ1) is 7.88. The molecule has 2 N–H and O–H groups in total. The Morgan fingerprint density at radius 1 is 1.06 bits per heavy atom. The Labute approximate surface area is 104 Å². The van der Waals surface area contributed by atoms with E-state index in [0.717, 1.165) is 0 Å². The number of benzene rings is 1. The van der Waals surface area contributed by atoms with Crippen LogP contribution in [0.15, 0.2) is 6.07 Å². The molecule has 0 heterocycles. The summed E-state index contributed by atoms with van der Waals surface area (Å²) in [6.07, 6.45) is -0.00855. The molecule has 2 heteroatoms. The summed E-state index contributed by atoms with van der Waals surface area (Å²) in [7, 11) is 0. The minimum atomic E-state index is -0.621. The van der Waals surface area contributed by atoms with Gasteiger partial charge in [0.05, 0.1) is 12.7 Å². The average molecular weight is 236 g/mol. The van der Waals surface area contributed by atoms with E-state index < -0.39 is 6.10 Å². The number of hydrogen-bond acceptors (Lipinski definition) is 2. The van der Waals surface area contributed by atoms with Crippen LogP contribution in [0.3, 0.4) is 0 Å². The van der Waals surface area contributed by atoms with Gasteiger partial charge in [0.25, 0.3) is 0 Å². The van der Waals surface area contributed by atoms with Gasteiger partial charge in [-0.05, 0) is 67.9 Å². The van der Waals surface area contributed by atoms with Crippen LogP contribution in [0.25, 0.3) is 0 Å². The summed E-state index contributed by atoms with van der Waals surface area (Å²) in [4.78, 5) is 0. The Kier molecular flexibility index (Phi) is 4.72. The second-order valence-electron chi connectivity index (χ2n) is 5.15. The molecule has 0 aliphatic rings. The van der Waals surface area contributed by atoms with Crippen LogP contribution in [-0.4, -0.2) is 22.9 Å². The smallest absolute Gasteiger partial charge is 0.0776 e. The molecule has 2 atom stereocenters. The minimum absolute atomic E-state index is 0.159. The number of hydrogen-bond donors (Lipinski definition) is 2. The zero-order chi connectivity index (χ0) is 13.2. The van der Waals surface area contributed by atoms with Crippen molar-refractivity contribution in [2.75, 3.05) is 6.61 Å². The molecule has 96 valence electrons. The van der Waals surface area contributed by atoms with Gasteiger partial charge < -0.3 is 10.2 Å². The van der Waals surface area contributed by atoms with Crippen molar-refractivity contribution in [2.24, 2.45) is 0 Å². The van der Waals surface area contributed by atoms with Crippen molar-refractivity contribution in [3.63, 3.8) is 0 Å². The van der Waals surface area contributed by atoms with E-state index in [1.165, 1.54) is 27.8 Å². The zero-order valence-corrected chi connectivity index (χ0v) is 11.5. The van der Waals surface area contributed by atoms with E-state index in [4.69, 9.17) is 5.11 Å². The van der Waals surface area contributed by atoms with Crippen molar-refractivity contribution in [3.05, 3.63) is 33.9 Å². The largest absolute Gasteiger partial charge is 0.394 e. The van der Waals surface area contributed by atoms with Crippen molar-refractivity contribution in [1.29, 1.82) is 0 Å². The molecule has 2 unspecified atom stereocenters. The SMILES string of the molecule is Cc1cc(C)c(C)c(C(C)CC(O)CO)c1C. The summed E-state index contributed by atoms with van der Waals surface area (Å²) in [5.74, 6) is 0.274. The lowest BCUT2D eigenvalue weighted by Gasteiger charge is -2.22. The van der Waals surface area contributed by atoms with E-state index in [9.17, 15) is 5.11 Å². The van der Waals surface area contributed by atoms with Crippen molar-refractivity contribution >= 4 is 0 Å². The average Bonchev–Trinajstić information content (AvgIpc) is 2.26. The highest BCUT2D eigenvalue weighted by molar-refractivity contribution is 5.45. The predicted octanol–water partition coefficient (Wildman–Crippen LogP) is 2.77. The minimum Gasteiger partial charge on any atom is -0.394 e. The van der Waals surface area contributed by atoms with Gasteiger partial charge in [-0.15, -0.1) is 0 Å². The van der Waals surface area contributed by atoms with Crippen LogP contribution in [0, 0.1) is 27.7 Å². The first-order valence-electron chi connectivity index (χ1n) is 6.24. The lowest BCUT2D eigenvalue weighted by atomic mass is 9.84. The summed E-state index contributed by atoms with van der Waals surface area (Å²) < 4.78 is 0. The molecule has 0 aromatic heterocycles. The number of aliphatic hydroxyl groups excluding tert-OH is 2. The highest BCUT2D eigenvalue weighted by Crippen LogP contribution is 2.31. The van der Waals surface area contributed by atoms with Crippen LogP contribution in [0.2, 0.25) is 0 Å². The molecule has 0 saturated carbocycles. The number of aliphatic hydroxyl groups is 2. The number of rotatable bonds is 4. The maximum Gasteiger partial charge on any atom is 0.0776 e. The lowest BCUT2D eigenvalue weighted by Crippen LogP contribution is -2.16. The summed E-state index contributed by atoms with van der Waals surface area (Å²) >= 11 is 0. The molecule has 0 saturated heterocycles. The normalized spacial score (nSPS) is 14.8. The molecular weight excluding hydrogens is 212 g/mol. The van der Waals surface area contributed by atoms with Crippen LogP contribution in [0.1, 0.15) is 47.1 Å². The van der Waals surface area contributed by atoms with E-state index >= 15 is 0 Å². The maximum absolute atomic E-state index is 9.56. The van der Waals surface area contributed by atoms with Crippen LogP contribution in [0.5, 0.6) is 0 Å². The van der Waals surface area contributed by atoms with Gasteiger partial charge >= 0.3 is 0 Å². The van der Waals surface area contributed by atoms with Gasteiger partial charge in [0.15, 0.2) is 0 Å². The Morgan fingerprint density at radius 3 is 1.94 bits per heavy atom. The van der Waals surface area contributed by atoms with Crippen molar-refractivity contribution in [3.8, 4) is 0 Å². The molecule has 0 bridgehead atoms. The molecule has 0 aliphatic carbocycles. The zero-order valence-electron chi connectivity index (χ0n) is 11.5.